The second-order valence-corrected chi connectivity index (χ2v) is 4.13. The van der Waals surface area contributed by atoms with Crippen molar-refractivity contribution >= 4 is 23.5 Å². The van der Waals surface area contributed by atoms with Crippen molar-refractivity contribution < 1.29 is 4.63 Å². The molecule has 0 saturated carbocycles. The first-order valence-corrected chi connectivity index (χ1v) is 6.46. The van der Waals surface area contributed by atoms with Crippen LogP contribution in [0.3, 0.4) is 0 Å². The van der Waals surface area contributed by atoms with Gasteiger partial charge in [0.2, 0.25) is 11.6 Å². The topological polar surface area (TPSA) is 92.6 Å². The molecule has 0 radical (unpaired) electrons. The van der Waals surface area contributed by atoms with E-state index in [1.165, 1.54) is 5.69 Å². The van der Waals surface area contributed by atoms with E-state index in [0.717, 1.165) is 18.7 Å². The molecule has 2 rings (SSSR count). The Morgan fingerprint density at radius 1 is 1.25 bits per heavy atom. The van der Waals surface area contributed by atoms with Gasteiger partial charge >= 0.3 is 0 Å². The average Bonchev–Trinajstić information content (AvgIpc) is 2.87. The fraction of sp³-hybridized carbons (Fsp3) is 0.308. The summed E-state index contributed by atoms with van der Waals surface area (Å²) in [7, 11) is 0. The maximum Gasteiger partial charge on any atom is 0.235 e. The summed E-state index contributed by atoms with van der Waals surface area (Å²) in [6.07, 6.45) is 1.68. The number of rotatable bonds is 6. The zero-order valence-corrected chi connectivity index (χ0v) is 11.6. The summed E-state index contributed by atoms with van der Waals surface area (Å²) in [5, 5.41) is 11.0. The van der Waals surface area contributed by atoms with Gasteiger partial charge in [-0.25, -0.2) is 4.63 Å². The van der Waals surface area contributed by atoms with Crippen LogP contribution in [0.4, 0.5) is 17.3 Å². The molecule has 1 heterocycles. The molecule has 2 aromatic rings. The highest BCUT2D eigenvalue weighted by molar-refractivity contribution is 5.81. The van der Waals surface area contributed by atoms with Crippen molar-refractivity contribution in [3.8, 4) is 0 Å². The Kier molecular flexibility index (Phi) is 4.54. The van der Waals surface area contributed by atoms with Gasteiger partial charge in [-0.15, -0.1) is 0 Å². The third kappa shape index (κ3) is 3.25. The van der Waals surface area contributed by atoms with E-state index in [0.29, 0.717) is 5.82 Å². The molecule has 0 aliphatic carbocycles. The van der Waals surface area contributed by atoms with Crippen molar-refractivity contribution in [2.45, 2.75) is 13.8 Å². The molecule has 0 amide bonds. The van der Waals surface area contributed by atoms with E-state index in [9.17, 15) is 0 Å². The lowest BCUT2D eigenvalue weighted by atomic mass is 10.2. The first kappa shape index (κ1) is 13.9. The number of aromatic nitrogens is 2. The molecule has 106 valence electrons. The zero-order chi connectivity index (χ0) is 14.4. The number of hydrogen-bond acceptors (Lipinski definition) is 7. The van der Waals surface area contributed by atoms with Crippen molar-refractivity contribution in [3.63, 3.8) is 0 Å². The third-order valence-electron chi connectivity index (χ3n) is 2.92. The highest BCUT2D eigenvalue weighted by atomic mass is 16.6. The number of nitrogens with two attached hydrogens (primary N) is 1. The first-order chi connectivity index (χ1) is 9.74. The van der Waals surface area contributed by atoms with Crippen LogP contribution >= 0.6 is 0 Å². The summed E-state index contributed by atoms with van der Waals surface area (Å²) in [4.78, 5) is 2.28. The van der Waals surface area contributed by atoms with E-state index >= 15 is 0 Å². The van der Waals surface area contributed by atoms with E-state index in [-0.39, 0.29) is 5.82 Å². The lowest BCUT2D eigenvalue weighted by molar-refractivity contribution is 0.310. The van der Waals surface area contributed by atoms with Crippen LogP contribution in [0.2, 0.25) is 0 Å². The van der Waals surface area contributed by atoms with Crippen molar-refractivity contribution in [3.05, 3.63) is 29.8 Å². The SMILES string of the molecule is CCN(CC)c1ccc(C=NNc2nonc2N)cc1. The summed E-state index contributed by atoms with van der Waals surface area (Å²) >= 11 is 0. The summed E-state index contributed by atoms with van der Waals surface area (Å²) < 4.78 is 4.45. The number of nitrogens with one attached hydrogen (secondary N) is 1. The van der Waals surface area contributed by atoms with Gasteiger partial charge in [0.25, 0.3) is 0 Å². The average molecular weight is 274 g/mol. The van der Waals surface area contributed by atoms with Crippen LogP contribution in [0.5, 0.6) is 0 Å². The lowest BCUT2D eigenvalue weighted by Gasteiger charge is -2.20. The Morgan fingerprint density at radius 2 is 1.95 bits per heavy atom. The summed E-state index contributed by atoms with van der Waals surface area (Å²) in [5.74, 6) is 0.486. The van der Waals surface area contributed by atoms with E-state index in [4.69, 9.17) is 5.73 Å². The van der Waals surface area contributed by atoms with Crippen LogP contribution in [0.25, 0.3) is 0 Å². The van der Waals surface area contributed by atoms with Gasteiger partial charge in [0.15, 0.2) is 0 Å². The molecule has 0 spiro atoms. The molecule has 0 unspecified atom stereocenters. The molecule has 1 aromatic heterocycles. The van der Waals surface area contributed by atoms with Crippen molar-refractivity contribution in [2.75, 3.05) is 29.1 Å². The molecule has 0 fully saturated rings. The molecule has 1 aromatic carbocycles. The predicted octanol–water partition coefficient (Wildman–Crippen LogP) is 1.94. The number of nitrogens with zero attached hydrogens (tertiary/aromatic N) is 4. The number of benzene rings is 1. The van der Waals surface area contributed by atoms with Gasteiger partial charge < -0.3 is 10.6 Å². The molecular weight excluding hydrogens is 256 g/mol. The van der Waals surface area contributed by atoms with Gasteiger partial charge in [-0.1, -0.05) is 12.1 Å². The molecule has 3 N–H and O–H groups in total. The highest BCUT2D eigenvalue weighted by Gasteiger charge is 2.03. The lowest BCUT2D eigenvalue weighted by Crippen LogP contribution is -2.21. The third-order valence-corrected chi connectivity index (χ3v) is 2.92. The van der Waals surface area contributed by atoms with Gasteiger partial charge in [-0.3, -0.25) is 5.43 Å². The highest BCUT2D eigenvalue weighted by Crippen LogP contribution is 2.14. The molecule has 0 bridgehead atoms. The van der Waals surface area contributed by atoms with E-state index in [1.807, 2.05) is 12.1 Å². The van der Waals surface area contributed by atoms with Gasteiger partial charge in [0.05, 0.1) is 6.21 Å². The molecule has 7 heteroatoms. The molecule has 0 atom stereocenters. The Hall–Kier alpha value is -2.57. The van der Waals surface area contributed by atoms with Crippen LogP contribution in [0.1, 0.15) is 19.4 Å². The fourth-order valence-electron chi connectivity index (χ4n) is 1.80. The molecule has 0 aliphatic heterocycles. The minimum absolute atomic E-state index is 0.180. The first-order valence-electron chi connectivity index (χ1n) is 6.46. The number of nitrogen functional groups attached to an aromatic ring is 1. The zero-order valence-electron chi connectivity index (χ0n) is 11.6. The molecule has 20 heavy (non-hydrogen) atoms. The maximum atomic E-state index is 5.49. The molecule has 0 saturated heterocycles. The predicted molar refractivity (Wildman–Crippen MR) is 79.9 cm³/mol. The largest absolute Gasteiger partial charge is 0.378 e. The van der Waals surface area contributed by atoms with Gasteiger partial charge in [-0.2, -0.15) is 5.10 Å². The normalized spacial score (nSPS) is 10.9. The summed E-state index contributed by atoms with van der Waals surface area (Å²) in [6.45, 7) is 6.26. The number of hydrazone groups is 1. The molecule has 7 nitrogen and oxygen atoms in total. The summed E-state index contributed by atoms with van der Waals surface area (Å²) in [5.41, 5.74) is 10.3. The van der Waals surface area contributed by atoms with Crippen LogP contribution < -0.4 is 16.1 Å². The van der Waals surface area contributed by atoms with Crippen LogP contribution in [0.15, 0.2) is 34.0 Å². The maximum absolute atomic E-state index is 5.49. The van der Waals surface area contributed by atoms with Crippen molar-refractivity contribution in [2.24, 2.45) is 5.10 Å². The van der Waals surface area contributed by atoms with E-state index in [1.54, 1.807) is 6.21 Å². The van der Waals surface area contributed by atoms with Crippen LogP contribution in [-0.4, -0.2) is 29.6 Å². The Morgan fingerprint density at radius 3 is 2.50 bits per heavy atom. The second kappa shape index (κ2) is 6.55. The Balaban J connectivity index is 1.98. The molecular formula is C13H18N6O. The van der Waals surface area contributed by atoms with Gasteiger partial charge in [0.1, 0.15) is 0 Å². The van der Waals surface area contributed by atoms with Crippen molar-refractivity contribution in [1.29, 1.82) is 0 Å². The monoisotopic (exact) mass is 274 g/mol. The summed E-state index contributed by atoms with van der Waals surface area (Å²) in [6, 6.07) is 8.15. The smallest absolute Gasteiger partial charge is 0.235 e. The standard InChI is InChI=1S/C13H18N6O/c1-3-19(4-2)11-7-5-10(6-8-11)9-15-16-13-12(14)17-20-18-13/h5-9H,3-4H2,1-2H3,(H2,14,17)(H,16,18). The van der Waals surface area contributed by atoms with E-state index < -0.39 is 0 Å². The second-order valence-electron chi connectivity index (χ2n) is 4.13. The quantitative estimate of drug-likeness (QED) is 0.617. The fourth-order valence-corrected chi connectivity index (χ4v) is 1.80. The number of anilines is 3. The Labute approximate surface area is 117 Å². The van der Waals surface area contributed by atoms with E-state index in [2.05, 4.69) is 56.3 Å². The van der Waals surface area contributed by atoms with Crippen LogP contribution in [-0.2, 0) is 0 Å². The minimum Gasteiger partial charge on any atom is -0.378 e. The van der Waals surface area contributed by atoms with Gasteiger partial charge in [0, 0.05) is 18.8 Å². The Bertz CT molecular complexity index is 558. The van der Waals surface area contributed by atoms with Crippen molar-refractivity contribution in [1.82, 2.24) is 10.3 Å². The van der Waals surface area contributed by atoms with Crippen LogP contribution in [0, 0.1) is 0 Å². The minimum atomic E-state index is 0.180. The van der Waals surface area contributed by atoms with Gasteiger partial charge in [-0.05, 0) is 41.9 Å². The number of hydrogen-bond donors (Lipinski definition) is 2. The molecule has 0 aliphatic rings.